The maximum absolute atomic E-state index is 4.78. The molecule has 142 valence electrons. The molecule has 0 amide bonds. The molecule has 0 fully saturated rings. The molecule has 0 saturated heterocycles. The van der Waals surface area contributed by atoms with E-state index >= 15 is 0 Å². The molecular weight excluding hydrogens is 352 g/mol. The second-order valence-electron chi connectivity index (χ2n) is 7.20. The van der Waals surface area contributed by atoms with Crippen LogP contribution in [0.25, 0.3) is 11.4 Å². The minimum absolute atomic E-state index is 0.839. The molecule has 0 unspecified atom stereocenters. The molecular formula is C22H28N4S. The summed E-state index contributed by atoms with van der Waals surface area (Å²) >= 11 is 1.69. The summed E-state index contributed by atoms with van der Waals surface area (Å²) < 4.78 is 0. The van der Waals surface area contributed by atoms with Crippen LogP contribution in [0.4, 0.5) is 0 Å². The van der Waals surface area contributed by atoms with E-state index in [9.17, 15) is 0 Å². The Balaban J connectivity index is 1.74. The molecule has 3 rings (SSSR count). The van der Waals surface area contributed by atoms with Gasteiger partial charge in [-0.3, -0.25) is 9.97 Å². The highest BCUT2D eigenvalue weighted by Gasteiger charge is 2.10. The van der Waals surface area contributed by atoms with Crippen molar-refractivity contribution < 1.29 is 0 Å². The molecule has 4 nitrogen and oxygen atoms in total. The van der Waals surface area contributed by atoms with Crippen LogP contribution in [-0.4, -0.2) is 40.0 Å². The first-order chi connectivity index (χ1) is 13.0. The van der Waals surface area contributed by atoms with Crippen molar-refractivity contribution >= 4 is 11.3 Å². The van der Waals surface area contributed by atoms with Crippen molar-refractivity contribution in [2.24, 2.45) is 0 Å². The van der Waals surface area contributed by atoms with Gasteiger partial charge in [-0.05, 0) is 63.0 Å². The van der Waals surface area contributed by atoms with E-state index in [-0.39, 0.29) is 0 Å². The molecule has 0 aliphatic rings. The zero-order chi connectivity index (χ0) is 19.4. The SMILES string of the molecule is CCN(C)CCc1cc(C)c(Cc2nc(-c3cnc(C)cn3)cs2)cc1C. The Bertz CT molecular complexity index is 899. The number of rotatable bonds is 7. The van der Waals surface area contributed by atoms with Crippen LogP contribution in [-0.2, 0) is 12.8 Å². The summed E-state index contributed by atoms with van der Waals surface area (Å²) in [5.74, 6) is 0. The van der Waals surface area contributed by atoms with Gasteiger partial charge in [-0.15, -0.1) is 11.3 Å². The zero-order valence-corrected chi connectivity index (χ0v) is 17.7. The molecule has 0 N–H and O–H groups in total. The maximum Gasteiger partial charge on any atom is 0.108 e. The lowest BCUT2D eigenvalue weighted by atomic mass is 9.96. The van der Waals surface area contributed by atoms with Gasteiger partial charge in [-0.1, -0.05) is 19.1 Å². The lowest BCUT2D eigenvalue weighted by Crippen LogP contribution is -2.20. The van der Waals surface area contributed by atoms with Crippen molar-refractivity contribution in [2.75, 3.05) is 20.1 Å². The Morgan fingerprint density at radius 2 is 1.70 bits per heavy atom. The minimum atomic E-state index is 0.839. The average Bonchev–Trinajstić information content (AvgIpc) is 3.12. The number of hydrogen-bond acceptors (Lipinski definition) is 5. The van der Waals surface area contributed by atoms with E-state index in [1.54, 1.807) is 23.7 Å². The van der Waals surface area contributed by atoms with Gasteiger partial charge in [-0.2, -0.15) is 0 Å². The normalized spacial score (nSPS) is 11.3. The topological polar surface area (TPSA) is 41.9 Å². The third-order valence-corrected chi connectivity index (χ3v) is 5.88. The zero-order valence-electron chi connectivity index (χ0n) is 16.9. The number of benzene rings is 1. The summed E-state index contributed by atoms with van der Waals surface area (Å²) in [6.07, 6.45) is 5.55. The van der Waals surface area contributed by atoms with Crippen molar-refractivity contribution in [1.29, 1.82) is 0 Å². The van der Waals surface area contributed by atoms with Gasteiger partial charge < -0.3 is 4.90 Å². The van der Waals surface area contributed by atoms with Crippen LogP contribution >= 0.6 is 11.3 Å². The highest BCUT2D eigenvalue weighted by molar-refractivity contribution is 7.10. The van der Waals surface area contributed by atoms with E-state index in [2.05, 4.69) is 60.2 Å². The maximum atomic E-state index is 4.78. The van der Waals surface area contributed by atoms with Crippen molar-refractivity contribution in [3.05, 3.63) is 62.9 Å². The number of nitrogens with zero attached hydrogens (tertiary/aromatic N) is 4. The fourth-order valence-corrected chi connectivity index (χ4v) is 3.87. The highest BCUT2D eigenvalue weighted by atomic mass is 32.1. The van der Waals surface area contributed by atoms with Crippen LogP contribution in [0.5, 0.6) is 0 Å². The van der Waals surface area contributed by atoms with Crippen LogP contribution in [0.1, 0.15) is 39.9 Å². The molecule has 3 aromatic rings. The molecule has 5 heteroatoms. The van der Waals surface area contributed by atoms with Gasteiger partial charge in [0.2, 0.25) is 0 Å². The summed E-state index contributed by atoms with van der Waals surface area (Å²) in [5, 5.41) is 3.19. The number of aryl methyl sites for hydroxylation is 3. The summed E-state index contributed by atoms with van der Waals surface area (Å²) in [6.45, 7) is 10.8. The van der Waals surface area contributed by atoms with Crippen molar-refractivity contribution in [1.82, 2.24) is 19.9 Å². The second kappa shape index (κ2) is 8.72. The van der Waals surface area contributed by atoms with E-state index < -0.39 is 0 Å². The Kier molecular flexibility index (Phi) is 6.34. The predicted octanol–water partition coefficient (Wildman–Crippen LogP) is 4.61. The van der Waals surface area contributed by atoms with Crippen molar-refractivity contribution in [3.8, 4) is 11.4 Å². The van der Waals surface area contributed by atoms with Crippen LogP contribution in [0.2, 0.25) is 0 Å². The Morgan fingerprint density at radius 3 is 2.41 bits per heavy atom. The Labute approximate surface area is 166 Å². The van der Waals surface area contributed by atoms with Gasteiger partial charge in [0.1, 0.15) is 11.4 Å². The van der Waals surface area contributed by atoms with Gasteiger partial charge in [0.05, 0.1) is 16.9 Å². The van der Waals surface area contributed by atoms with Gasteiger partial charge in [0.25, 0.3) is 0 Å². The van der Waals surface area contributed by atoms with Gasteiger partial charge >= 0.3 is 0 Å². The first-order valence-corrected chi connectivity index (χ1v) is 10.3. The van der Waals surface area contributed by atoms with Gasteiger partial charge in [0, 0.05) is 24.5 Å². The van der Waals surface area contributed by atoms with Crippen LogP contribution in [0.15, 0.2) is 29.9 Å². The van der Waals surface area contributed by atoms with E-state index in [1.165, 1.54) is 22.3 Å². The highest BCUT2D eigenvalue weighted by Crippen LogP contribution is 2.24. The second-order valence-corrected chi connectivity index (χ2v) is 8.14. The molecule has 0 spiro atoms. The molecule has 0 aliphatic carbocycles. The molecule has 0 saturated carbocycles. The molecule has 27 heavy (non-hydrogen) atoms. The van der Waals surface area contributed by atoms with Crippen LogP contribution in [0, 0.1) is 20.8 Å². The smallest absolute Gasteiger partial charge is 0.108 e. The Hall–Kier alpha value is -2.11. The third-order valence-electron chi connectivity index (χ3n) is 5.03. The fourth-order valence-electron chi connectivity index (χ4n) is 3.06. The Morgan fingerprint density at radius 1 is 0.963 bits per heavy atom. The largest absolute Gasteiger partial charge is 0.306 e. The molecule has 1 aromatic carbocycles. The van der Waals surface area contributed by atoms with E-state index in [0.29, 0.717) is 0 Å². The molecule has 2 heterocycles. The standard InChI is InChI=1S/C22H28N4S/c1-6-26(5)8-7-18-9-16(3)19(10-15(18)2)11-22-25-21(14-27-22)20-13-23-17(4)12-24-20/h9-10,12-14H,6-8,11H2,1-5H3. The molecule has 0 aliphatic heterocycles. The predicted molar refractivity (Wildman–Crippen MR) is 113 cm³/mol. The number of likely N-dealkylation sites (N-methyl/N-ethyl adjacent to an activating group) is 1. The third kappa shape index (κ3) is 4.99. The number of aromatic nitrogens is 3. The summed E-state index contributed by atoms with van der Waals surface area (Å²) in [6, 6.07) is 4.69. The van der Waals surface area contributed by atoms with Crippen LogP contribution in [0.3, 0.4) is 0 Å². The summed E-state index contributed by atoms with van der Waals surface area (Å²) in [5.41, 5.74) is 8.21. The molecule has 0 bridgehead atoms. The van der Waals surface area contributed by atoms with E-state index in [0.717, 1.165) is 48.0 Å². The lowest BCUT2D eigenvalue weighted by molar-refractivity contribution is 0.357. The van der Waals surface area contributed by atoms with Crippen LogP contribution < -0.4 is 0 Å². The molecule has 2 aromatic heterocycles. The molecule has 0 atom stereocenters. The first-order valence-electron chi connectivity index (χ1n) is 9.47. The summed E-state index contributed by atoms with van der Waals surface area (Å²) in [4.78, 5) is 15.9. The van der Waals surface area contributed by atoms with Crippen molar-refractivity contribution in [3.63, 3.8) is 0 Å². The average molecular weight is 381 g/mol. The molecule has 0 radical (unpaired) electrons. The number of hydrogen-bond donors (Lipinski definition) is 0. The van der Waals surface area contributed by atoms with Gasteiger partial charge in [0.15, 0.2) is 0 Å². The number of thiazole rings is 1. The monoisotopic (exact) mass is 380 g/mol. The quantitative estimate of drug-likeness (QED) is 0.600. The first kappa shape index (κ1) is 19.6. The van der Waals surface area contributed by atoms with Gasteiger partial charge in [-0.25, -0.2) is 4.98 Å². The van der Waals surface area contributed by atoms with E-state index in [4.69, 9.17) is 4.98 Å². The fraction of sp³-hybridized carbons (Fsp3) is 0.409. The minimum Gasteiger partial charge on any atom is -0.306 e. The lowest BCUT2D eigenvalue weighted by Gasteiger charge is -2.16. The van der Waals surface area contributed by atoms with Crippen molar-refractivity contribution in [2.45, 2.75) is 40.5 Å². The summed E-state index contributed by atoms with van der Waals surface area (Å²) in [7, 11) is 2.18. The van der Waals surface area contributed by atoms with E-state index in [1.807, 2.05) is 6.92 Å².